The number of carbonyl (C=O) groups is 1. The van der Waals surface area contributed by atoms with E-state index in [4.69, 9.17) is 0 Å². The highest BCUT2D eigenvalue weighted by molar-refractivity contribution is 8.00. The highest BCUT2D eigenvalue weighted by Gasteiger charge is 2.11. The number of rotatable bonds is 8. The van der Waals surface area contributed by atoms with Gasteiger partial charge in [-0.1, -0.05) is 30.3 Å². The number of hydrogen-bond acceptors (Lipinski definition) is 5. The fourth-order valence-electron chi connectivity index (χ4n) is 1.90. The Bertz CT molecular complexity index is 665. The molecule has 2 aromatic carbocycles. The Labute approximate surface area is 138 Å². The first-order chi connectivity index (χ1) is 11.2. The molecule has 7 heteroatoms. The largest absolute Gasteiger partial charge is 0.378 e. The van der Waals surface area contributed by atoms with Crippen molar-refractivity contribution >= 4 is 29.0 Å². The highest BCUT2D eigenvalue weighted by atomic mass is 32.2. The van der Waals surface area contributed by atoms with Crippen molar-refractivity contribution in [2.75, 3.05) is 24.2 Å². The van der Waals surface area contributed by atoms with Crippen LogP contribution in [0.1, 0.15) is 0 Å². The van der Waals surface area contributed by atoms with Crippen LogP contribution in [0.5, 0.6) is 0 Å². The third kappa shape index (κ3) is 5.63. The Balaban J connectivity index is 1.69. The normalized spacial score (nSPS) is 10.1. The molecule has 0 atom stereocenters. The zero-order chi connectivity index (χ0) is 16.5. The van der Waals surface area contributed by atoms with E-state index in [9.17, 15) is 14.9 Å². The van der Waals surface area contributed by atoms with E-state index in [2.05, 4.69) is 10.6 Å². The Morgan fingerprint density at radius 2 is 1.74 bits per heavy atom. The van der Waals surface area contributed by atoms with Gasteiger partial charge in [-0.05, 0) is 18.2 Å². The number of anilines is 1. The molecule has 0 fully saturated rings. The number of nitro benzene ring substituents is 1. The molecule has 120 valence electrons. The summed E-state index contributed by atoms with van der Waals surface area (Å²) in [6.07, 6.45) is 0. The lowest BCUT2D eigenvalue weighted by Crippen LogP contribution is -2.30. The molecule has 23 heavy (non-hydrogen) atoms. The molecular weight excluding hydrogens is 314 g/mol. The number of amides is 1. The van der Waals surface area contributed by atoms with Gasteiger partial charge in [0, 0.05) is 24.1 Å². The van der Waals surface area contributed by atoms with Crippen molar-refractivity contribution in [1.29, 1.82) is 0 Å². The molecule has 0 aliphatic heterocycles. The molecule has 2 rings (SSSR count). The Kier molecular flexibility index (Phi) is 6.43. The minimum atomic E-state index is -0.433. The van der Waals surface area contributed by atoms with Gasteiger partial charge >= 0.3 is 0 Å². The summed E-state index contributed by atoms with van der Waals surface area (Å²) in [7, 11) is 0. The Morgan fingerprint density at radius 3 is 2.48 bits per heavy atom. The first-order valence-electron chi connectivity index (χ1n) is 7.08. The second-order valence-electron chi connectivity index (χ2n) is 4.65. The third-order valence-electron chi connectivity index (χ3n) is 2.98. The van der Waals surface area contributed by atoms with Crippen molar-refractivity contribution in [3.05, 3.63) is 64.7 Å². The second-order valence-corrected chi connectivity index (χ2v) is 5.70. The van der Waals surface area contributed by atoms with Crippen molar-refractivity contribution in [2.45, 2.75) is 4.90 Å². The van der Waals surface area contributed by atoms with Crippen LogP contribution in [0.3, 0.4) is 0 Å². The molecule has 0 heterocycles. The summed E-state index contributed by atoms with van der Waals surface area (Å²) in [5.41, 5.74) is 0.476. The fourth-order valence-corrected chi connectivity index (χ4v) is 2.65. The number of nitrogens with zero attached hydrogens (tertiary/aromatic N) is 1. The van der Waals surface area contributed by atoms with E-state index in [-0.39, 0.29) is 11.6 Å². The van der Waals surface area contributed by atoms with E-state index in [0.29, 0.717) is 24.5 Å². The van der Waals surface area contributed by atoms with Crippen molar-refractivity contribution in [2.24, 2.45) is 0 Å². The number of para-hydroxylation sites is 2. The first kappa shape index (κ1) is 16.8. The van der Waals surface area contributed by atoms with Crippen LogP contribution >= 0.6 is 11.8 Å². The van der Waals surface area contributed by atoms with Gasteiger partial charge in [0.1, 0.15) is 5.69 Å². The van der Waals surface area contributed by atoms with E-state index >= 15 is 0 Å². The van der Waals surface area contributed by atoms with Gasteiger partial charge in [0.25, 0.3) is 5.69 Å². The lowest BCUT2D eigenvalue weighted by molar-refractivity contribution is -0.384. The van der Waals surface area contributed by atoms with Crippen LogP contribution in [0, 0.1) is 10.1 Å². The summed E-state index contributed by atoms with van der Waals surface area (Å²) in [6, 6.07) is 16.1. The lowest BCUT2D eigenvalue weighted by Gasteiger charge is -2.08. The van der Waals surface area contributed by atoms with Crippen LogP contribution in [-0.2, 0) is 4.79 Å². The molecule has 0 aliphatic rings. The number of nitrogens with one attached hydrogen (secondary N) is 2. The van der Waals surface area contributed by atoms with Crippen molar-refractivity contribution in [1.82, 2.24) is 5.32 Å². The van der Waals surface area contributed by atoms with Crippen molar-refractivity contribution in [3.8, 4) is 0 Å². The summed E-state index contributed by atoms with van der Waals surface area (Å²) in [4.78, 5) is 23.2. The maximum absolute atomic E-state index is 11.7. The van der Waals surface area contributed by atoms with E-state index in [1.807, 2.05) is 30.3 Å². The first-order valence-corrected chi connectivity index (χ1v) is 8.07. The third-order valence-corrected chi connectivity index (χ3v) is 3.99. The summed E-state index contributed by atoms with van der Waals surface area (Å²) in [6.45, 7) is 0.826. The Morgan fingerprint density at radius 1 is 1.04 bits per heavy atom. The van der Waals surface area contributed by atoms with E-state index in [0.717, 1.165) is 4.90 Å². The zero-order valence-electron chi connectivity index (χ0n) is 12.4. The van der Waals surface area contributed by atoms with Crippen LogP contribution in [0.25, 0.3) is 0 Å². The molecule has 0 unspecified atom stereocenters. The predicted molar refractivity (Wildman–Crippen MR) is 91.8 cm³/mol. The number of thioether (sulfide) groups is 1. The molecule has 0 aromatic heterocycles. The zero-order valence-corrected chi connectivity index (χ0v) is 13.2. The summed E-state index contributed by atoms with van der Waals surface area (Å²) >= 11 is 1.47. The van der Waals surface area contributed by atoms with E-state index < -0.39 is 4.92 Å². The molecule has 0 saturated carbocycles. The summed E-state index contributed by atoms with van der Waals surface area (Å²) in [5.74, 6) is 0.276. The quantitative estimate of drug-likeness (QED) is 0.336. The number of carbonyl (C=O) groups excluding carboxylic acids is 1. The van der Waals surface area contributed by atoms with Crippen LogP contribution < -0.4 is 10.6 Å². The van der Waals surface area contributed by atoms with Gasteiger partial charge in [-0.15, -0.1) is 11.8 Å². The molecule has 1 amide bonds. The monoisotopic (exact) mass is 331 g/mol. The lowest BCUT2D eigenvalue weighted by atomic mass is 10.2. The molecule has 2 aromatic rings. The van der Waals surface area contributed by atoms with Crippen molar-refractivity contribution in [3.63, 3.8) is 0 Å². The van der Waals surface area contributed by atoms with Gasteiger partial charge in [0.2, 0.25) is 5.91 Å². The molecule has 6 nitrogen and oxygen atoms in total. The molecule has 0 aliphatic carbocycles. The molecule has 2 N–H and O–H groups in total. The number of hydrogen-bond donors (Lipinski definition) is 2. The minimum absolute atomic E-state index is 0.0264. The molecule has 0 bridgehead atoms. The van der Waals surface area contributed by atoms with E-state index in [1.165, 1.54) is 17.8 Å². The standard InChI is InChI=1S/C16H17N3O3S/c20-16(12-23-13-6-2-1-3-7-13)18-11-10-17-14-8-4-5-9-15(14)19(21)22/h1-9,17H,10-12H2,(H,18,20). The van der Waals surface area contributed by atoms with Gasteiger partial charge in [-0.2, -0.15) is 0 Å². The van der Waals surface area contributed by atoms with Gasteiger partial charge in [0.15, 0.2) is 0 Å². The topological polar surface area (TPSA) is 84.3 Å². The van der Waals surface area contributed by atoms with Crippen molar-refractivity contribution < 1.29 is 9.72 Å². The minimum Gasteiger partial charge on any atom is -0.378 e. The maximum atomic E-state index is 11.7. The van der Waals surface area contributed by atoms with Crippen LogP contribution in [0.2, 0.25) is 0 Å². The van der Waals surface area contributed by atoms with Gasteiger partial charge in [-0.25, -0.2) is 0 Å². The highest BCUT2D eigenvalue weighted by Crippen LogP contribution is 2.22. The molecule has 0 spiro atoms. The van der Waals surface area contributed by atoms with Gasteiger partial charge < -0.3 is 10.6 Å². The van der Waals surface area contributed by atoms with Gasteiger partial charge in [-0.3, -0.25) is 14.9 Å². The average molecular weight is 331 g/mol. The fraction of sp³-hybridized carbons (Fsp3) is 0.188. The van der Waals surface area contributed by atoms with Gasteiger partial charge in [0.05, 0.1) is 10.7 Å². The van der Waals surface area contributed by atoms with Crippen LogP contribution in [0.4, 0.5) is 11.4 Å². The average Bonchev–Trinajstić information content (AvgIpc) is 2.58. The summed E-state index contributed by atoms with van der Waals surface area (Å²) in [5, 5.41) is 16.6. The number of nitro groups is 1. The van der Waals surface area contributed by atoms with Crippen LogP contribution in [0.15, 0.2) is 59.5 Å². The maximum Gasteiger partial charge on any atom is 0.292 e. The molecule has 0 radical (unpaired) electrons. The predicted octanol–water partition coefficient (Wildman–Crippen LogP) is 2.92. The summed E-state index contributed by atoms with van der Waals surface area (Å²) < 4.78 is 0. The second kappa shape index (κ2) is 8.79. The number of benzene rings is 2. The Hall–Kier alpha value is -2.54. The molecule has 0 saturated heterocycles. The molecular formula is C16H17N3O3S. The SMILES string of the molecule is O=C(CSc1ccccc1)NCCNc1ccccc1[N+](=O)[O-]. The van der Waals surface area contributed by atoms with E-state index in [1.54, 1.807) is 18.2 Å². The smallest absolute Gasteiger partial charge is 0.292 e. The van der Waals surface area contributed by atoms with Crippen LogP contribution in [-0.4, -0.2) is 29.7 Å².